The number of hydrogen-bond acceptors (Lipinski definition) is 5. The summed E-state index contributed by atoms with van der Waals surface area (Å²) in [5.41, 5.74) is 0.671. The maximum absolute atomic E-state index is 11.3. The van der Waals surface area contributed by atoms with Gasteiger partial charge in [-0.15, -0.1) is 0 Å². The van der Waals surface area contributed by atoms with E-state index < -0.39 is 10.9 Å². The normalized spacial score (nSPS) is 17.9. The maximum Gasteiger partial charge on any atom is 0.338 e. The van der Waals surface area contributed by atoms with Crippen molar-refractivity contribution in [3.05, 3.63) is 39.4 Å². The Bertz CT molecular complexity index is 453. The first-order chi connectivity index (χ1) is 7.61. The molecule has 1 aromatic rings. The van der Waals surface area contributed by atoms with Crippen LogP contribution in [0.25, 0.3) is 0 Å². The molecule has 0 spiro atoms. The van der Waals surface area contributed by atoms with Crippen LogP contribution in [0.4, 0.5) is 5.69 Å². The number of ether oxygens (including phenoxy) is 2. The Morgan fingerprint density at radius 2 is 2.25 bits per heavy atom. The second-order valence-electron chi connectivity index (χ2n) is 3.38. The van der Waals surface area contributed by atoms with Crippen LogP contribution in [0.1, 0.15) is 22.0 Å². The third-order valence-corrected chi connectivity index (χ3v) is 2.28. The van der Waals surface area contributed by atoms with E-state index in [-0.39, 0.29) is 17.4 Å². The number of rotatable bonds is 3. The minimum Gasteiger partial charge on any atom is -0.465 e. The van der Waals surface area contributed by atoms with Gasteiger partial charge in [0.05, 0.1) is 24.2 Å². The molecule has 0 aliphatic carbocycles. The molecule has 6 nitrogen and oxygen atoms in total. The van der Waals surface area contributed by atoms with Crippen molar-refractivity contribution in [2.75, 3.05) is 13.7 Å². The van der Waals surface area contributed by atoms with Crippen LogP contribution in [0, 0.1) is 10.1 Å². The molecule has 1 atom stereocenters. The minimum atomic E-state index is -0.592. The molecule has 16 heavy (non-hydrogen) atoms. The van der Waals surface area contributed by atoms with Crippen LogP contribution in [-0.4, -0.2) is 24.6 Å². The number of methoxy groups -OCH3 is 1. The Kier molecular flexibility index (Phi) is 2.57. The summed E-state index contributed by atoms with van der Waals surface area (Å²) < 4.78 is 9.55. The van der Waals surface area contributed by atoms with Gasteiger partial charge in [-0.2, -0.15) is 0 Å². The van der Waals surface area contributed by atoms with Gasteiger partial charge in [-0.3, -0.25) is 10.1 Å². The number of carbonyl (C=O) groups is 1. The van der Waals surface area contributed by atoms with E-state index in [4.69, 9.17) is 4.74 Å². The molecule has 0 bridgehead atoms. The van der Waals surface area contributed by atoms with Crippen LogP contribution in [0.2, 0.25) is 0 Å². The molecule has 1 aromatic carbocycles. The van der Waals surface area contributed by atoms with Gasteiger partial charge in [0.2, 0.25) is 0 Å². The Labute approximate surface area is 90.9 Å². The largest absolute Gasteiger partial charge is 0.465 e. The van der Waals surface area contributed by atoms with Crippen molar-refractivity contribution < 1.29 is 19.2 Å². The zero-order valence-corrected chi connectivity index (χ0v) is 8.50. The highest BCUT2D eigenvalue weighted by Crippen LogP contribution is 2.32. The summed E-state index contributed by atoms with van der Waals surface area (Å²) in [6.45, 7) is 0.530. The summed E-state index contributed by atoms with van der Waals surface area (Å²) in [4.78, 5) is 21.4. The third kappa shape index (κ3) is 2.01. The maximum atomic E-state index is 11.3. The number of carbonyl (C=O) groups excluding carboxylic acids is 1. The topological polar surface area (TPSA) is 82.0 Å². The first-order valence-corrected chi connectivity index (χ1v) is 4.61. The summed E-state index contributed by atoms with van der Waals surface area (Å²) >= 11 is 0. The number of non-ortho nitro benzene ring substituents is 1. The molecule has 0 N–H and O–H groups in total. The lowest BCUT2D eigenvalue weighted by atomic mass is 10.1. The van der Waals surface area contributed by atoms with Crippen LogP contribution in [0.15, 0.2) is 18.2 Å². The van der Waals surface area contributed by atoms with Crippen molar-refractivity contribution in [2.45, 2.75) is 6.10 Å². The second kappa shape index (κ2) is 3.90. The molecule has 0 saturated carbocycles. The van der Waals surface area contributed by atoms with Crippen molar-refractivity contribution in [1.29, 1.82) is 0 Å². The van der Waals surface area contributed by atoms with E-state index in [1.165, 1.54) is 19.2 Å². The van der Waals surface area contributed by atoms with Gasteiger partial charge in [0, 0.05) is 12.1 Å². The quantitative estimate of drug-likeness (QED) is 0.335. The van der Waals surface area contributed by atoms with E-state index in [0.29, 0.717) is 12.2 Å². The predicted molar refractivity (Wildman–Crippen MR) is 53.1 cm³/mol. The summed E-state index contributed by atoms with van der Waals surface area (Å²) in [6, 6.07) is 4.15. The molecule has 1 unspecified atom stereocenters. The summed E-state index contributed by atoms with van der Waals surface area (Å²) in [5, 5.41) is 10.7. The molecule has 0 amide bonds. The van der Waals surface area contributed by atoms with Crippen LogP contribution >= 0.6 is 0 Å². The van der Waals surface area contributed by atoms with E-state index in [2.05, 4.69) is 4.74 Å². The van der Waals surface area contributed by atoms with Crippen molar-refractivity contribution in [1.82, 2.24) is 0 Å². The highest BCUT2D eigenvalue weighted by Gasteiger charge is 2.28. The highest BCUT2D eigenvalue weighted by atomic mass is 16.6. The number of nitrogens with zero attached hydrogens (tertiary/aromatic N) is 1. The summed E-state index contributed by atoms with van der Waals surface area (Å²) in [6.07, 6.45) is -0.136. The molecule has 1 saturated heterocycles. The average Bonchev–Trinajstić information content (AvgIpc) is 3.11. The fourth-order valence-electron chi connectivity index (χ4n) is 1.40. The number of nitro groups is 1. The zero-order valence-electron chi connectivity index (χ0n) is 8.50. The Morgan fingerprint density at radius 1 is 1.56 bits per heavy atom. The lowest BCUT2D eigenvalue weighted by Gasteiger charge is -2.02. The first kappa shape index (κ1) is 10.6. The van der Waals surface area contributed by atoms with E-state index in [0.717, 1.165) is 0 Å². The van der Waals surface area contributed by atoms with Gasteiger partial charge < -0.3 is 9.47 Å². The number of nitro benzene ring substituents is 1. The molecule has 2 rings (SSSR count). The van der Waals surface area contributed by atoms with Crippen LogP contribution < -0.4 is 0 Å². The molecule has 1 aliphatic rings. The highest BCUT2D eigenvalue weighted by molar-refractivity contribution is 5.90. The molecule has 1 heterocycles. The zero-order chi connectivity index (χ0) is 11.7. The van der Waals surface area contributed by atoms with Crippen molar-refractivity contribution >= 4 is 11.7 Å². The molecular weight excluding hydrogens is 214 g/mol. The number of benzene rings is 1. The van der Waals surface area contributed by atoms with Crippen molar-refractivity contribution in [3.63, 3.8) is 0 Å². The SMILES string of the molecule is COC(=O)c1cc(C2CO2)cc([N+](=O)[O-])c1. The van der Waals surface area contributed by atoms with Crippen LogP contribution in [0.5, 0.6) is 0 Å². The smallest absolute Gasteiger partial charge is 0.338 e. The van der Waals surface area contributed by atoms with Gasteiger partial charge >= 0.3 is 5.97 Å². The first-order valence-electron chi connectivity index (χ1n) is 4.61. The van der Waals surface area contributed by atoms with Gasteiger partial charge in [-0.05, 0) is 11.6 Å². The molecule has 0 aromatic heterocycles. The predicted octanol–water partition coefficient (Wildman–Crippen LogP) is 1.45. The van der Waals surface area contributed by atoms with Crippen LogP contribution in [0.3, 0.4) is 0 Å². The van der Waals surface area contributed by atoms with Gasteiger partial charge in [-0.1, -0.05) is 0 Å². The lowest BCUT2D eigenvalue weighted by Crippen LogP contribution is -2.03. The average molecular weight is 223 g/mol. The number of hydrogen-bond donors (Lipinski definition) is 0. The Morgan fingerprint density at radius 3 is 2.75 bits per heavy atom. The fraction of sp³-hybridized carbons (Fsp3) is 0.300. The van der Waals surface area contributed by atoms with E-state index >= 15 is 0 Å². The molecular formula is C10H9NO5. The number of esters is 1. The minimum absolute atomic E-state index is 0.131. The third-order valence-electron chi connectivity index (χ3n) is 2.28. The van der Waals surface area contributed by atoms with Gasteiger partial charge in [0.15, 0.2) is 0 Å². The van der Waals surface area contributed by atoms with E-state index in [1.54, 1.807) is 6.07 Å². The summed E-state index contributed by atoms with van der Waals surface area (Å²) in [7, 11) is 1.23. The molecule has 0 radical (unpaired) electrons. The van der Waals surface area contributed by atoms with Crippen molar-refractivity contribution in [2.24, 2.45) is 0 Å². The van der Waals surface area contributed by atoms with E-state index in [1.807, 2.05) is 0 Å². The molecule has 1 fully saturated rings. The monoisotopic (exact) mass is 223 g/mol. The molecule has 6 heteroatoms. The Balaban J connectivity index is 2.44. The second-order valence-corrected chi connectivity index (χ2v) is 3.38. The Hall–Kier alpha value is -1.95. The van der Waals surface area contributed by atoms with Gasteiger partial charge in [0.1, 0.15) is 6.10 Å². The van der Waals surface area contributed by atoms with Crippen LogP contribution in [-0.2, 0) is 9.47 Å². The fourth-order valence-corrected chi connectivity index (χ4v) is 1.40. The lowest BCUT2D eigenvalue weighted by molar-refractivity contribution is -0.385. The van der Waals surface area contributed by atoms with Gasteiger partial charge in [0.25, 0.3) is 5.69 Å². The van der Waals surface area contributed by atoms with Gasteiger partial charge in [-0.25, -0.2) is 4.79 Å². The standard InChI is InChI=1S/C10H9NO5/c1-15-10(12)7-2-6(9-5-16-9)3-8(4-7)11(13)14/h2-4,9H,5H2,1H3. The molecule has 1 aliphatic heterocycles. The summed E-state index contributed by atoms with van der Waals surface area (Å²) in [5.74, 6) is -0.592. The van der Waals surface area contributed by atoms with E-state index in [9.17, 15) is 14.9 Å². The number of epoxide rings is 1. The molecule has 84 valence electrons. The van der Waals surface area contributed by atoms with Crippen molar-refractivity contribution in [3.8, 4) is 0 Å².